The molecule has 8 heteroatoms. The average molecular weight is 358 g/mol. The number of nitriles is 1. The number of piperidine rings is 1. The Hall–Kier alpha value is -2.40. The lowest BCUT2D eigenvalue weighted by molar-refractivity contribution is 0.140. The van der Waals surface area contributed by atoms with Crippen LogP contribution in [0.25, 0.3) is 0 Å². The summed E-state index contributed by atoms with van der Waals surface area (Å²) in [6.45, 7) is 1.36. The first kappa shape index (κ1) is 17.4. The van der Waals surface area contributed by atoms with E-state index in [4.69, 9.17) is 5.26 Å². The van der Waals surface area contributed by atoms with Crippen LogP contribution in [0.15, 0.2) is 35.7 Å². The van der Waals surface area contributed by atoms with Gasteiger partial charge in [-0.2, -0.15) is 5.26 Å². The summed E-state index contributed by atoms with van der Waals surface area (Å²) in [6.07, 6.45) is 5.99. The Bertz CT molecular complexity index is 770. The first-order chi connectivity index (χ1) is 12.1. The van der Waals surface area contributed by atoms with Crippen molar-refractivity contribution in [3.8, 4) is 6.07 Å². The Labute approximate surface area is 150 Å². The lowest BCUT2D eigenvalue weighted by Gasteiger charge is -2.37. The Morgan fingerprint density at radius 1 is 1.32 bits per heavy atom. The maximum absolute atomic E-state index is 15.1. The van der Waals surface area contributed by atoms with Gasteiger partial charge in [-0.25, -0.2) is 19.3 Å². The van der Waals surface area contributed by atoms with Crippen molar-refractivity contribution in [1.29, 1.82) is 5.26 Å². The summed E-state index contributed by atoms with van der Waals surface area (Å²) in [5.41, 5.74) is -0.717. The molecule has 25 heavy (non-hydrogen) atoms. The zero-order valence-electron chi connectivity index (χ0n) is 13.9. The predicted octanol–water partition coefficient (Wildman–Crippen LogP) is 2.89. The monoisotopic (exact) mass is 358 g/mol. The molecule has 0 atom stereocenters. The molecule has 1 aliphatic rings. The molecule has 1 saturated heterocycles. The van der Waals surface area contributed by atoms with Gasteiger partial charge in [0.25, 0.3) is 0 Å². The van der Waals surface area contributed by atoms with Crippen molar-refractivity contribution in [2.45, 2.75) is 23.7 Å². The Morgan fingerprint density at radius 2 is 2.08 bits per heavy atom. The molecule has 0 saturated carbocycles. The van der Waals surface area contributed by atoms with E-state index in [1.807, 2.05) is 11.2 Å². The van der Waals surface area contributed by atoms with Crippen LogP contribution in [0.5, 0.6) is 0 Å². The van der Waals surface area contributed by atoms with E-state index in [0.717, 1.165) is 5.82 Å². The van der Waals surface area contributed by atoms with E-state index in [9.17, 15) is 0 Å². The molecule has 130 valence electrons. The number of halogens is 1. The molecule has 0 aliphatic carbocycles. The minimum Gasteiger partial charge on any atom is -0.367 e. The smallest absolute Gasteiger partial charge is 0.189 e. The van der Waals surface area contributed by atoms with Gasteiger partial charge in [-0.05, 0) is 24.5 Å². The SMILES string of the molecule is CSc1nccc(NCC2(F)CCN(c3cc(C#N)ccn3)CC2)n1. The summed E-state index contributed by atoms with van der Waals surface area (Å²) in [4.78, 5) is 14.7. The van der Waals surface area contributed by atoms with Gasteiger partial charge in [-0.15, -0.1) is 0 Å². The molecule has 1 aliphatic heterocycles. The fourth-order valence-electron chi connectivity index (χ4n) is 2.76. The van der Waals surface area contributed by atoms with Crippen molar-refractivity contribution in [3.63, 3.8) is 0 Å². The van der Waals surface area contributed by atoms with Crippen LogP contribution in [-0.2, 0) is 0 Å². The number of thioether (sulfide) groups is 1. The molecule has 2 aromatic heterocycles. The summed E-state index contributed by atoms with van der Waals surface area (Å²) in [6, 6.07) is 7.26. The van der Waals surface area contributed by atoms with Gasteiger partial charge >= 0.3 is 0 Å². The number of alkyl halides is 1. The van der Waals surface area contributed by atoms with Gasteiger partial charge in [0.1, 0.15) is 17.3 Å². The lowest BCUT2D eigenvalue weighted by atomic mass is 9.93. The number of hydrogen-bond acceptors (Lipinski definition) is 7. The summed E-state index contributed by atoms with van der Waals surface area (Å²) < 4.78 is 15.1. The van der Waals surface area contributed by atoms with Crippen LogP contribution < -0.4 is 10.2 Å². The van der Waals surface area contributed by atoms with Crippen molar-refractivity contribution in [2.24, 2.45) is 0 Å². The first-order valence-corrected chi connectivity index (χ1v) is 9.25. The first-order valence-electron chi connectivity index (χ1n) is 8.03. The molecule has 0 radical (unpaired) electrons. The van der Waals surface area contributed by atoms with Gasteiger partial charge in [0.05, 0.1) is 18.2 Å². The predicted molar refractivity (Wildman–Crippen MR) is 96.5 cm³/mol. The molecule has 0 aromatic carbocycles. The summed E-state index contributed by atoms with van der Waals surface area (Å²) in [7, 11) is 0. The summed E-state index contributed by atoms with van der Waals surface area (Å²) in [5, 5.41) is 12.7. The fraction of sp³-hybridized carbons (Fsp3) is 0.412. The van der Waals surface area contributed by atoms with E-state index in [-0.39, 0.29) is 6.54 Å². The molecule has 0 bridgehead atoms. The summed E-state index contributed by atoms with van der Waals surface area (Å²) in [5.74, 6) is 1.37. The van der Waals surface area contributed by atoms with Crippen molar-refractivity contribution < 1.29 is 4.39 Å². The number of anilines is 2. The van der Waals surface area contributed by atoms with E-state index in [2.05, 4.69) is 26.3 Å². The van der Waals surface area contributed by atoms with Gasteiger partial charge in [0.15, 0.2) is 5.16 Å². The molecule has 3 rings (SSSR count). The molecular formula is C17H19FN6S. The minimum atomic E-state index is -1.28. The Morgan fingerprint density at radius 3 is 2.80 bits per heavy atom. The number of hydrogen-bond donors (Lipinski definition) is 1. The van der Waals surface area contributed by atoms with E-state index < -0.39 is 5.67 Å². The van der Waals surface area contributed by atoms with E-state index in [0.29, 0.717) is 42.5 Å². The molecule has 2 aromatic rings. The average Bonchev–Trinajstić information content (AvgIpc) is 2.67. The van der Waals surface area contributed by atoms with Crippen LogP contribution in [0.1, 0.15) is 18.4 Å². The normalized spacial score (nSPS) is 16.3. The Balaban J connectivity index is 1.57. The van der Waals surface area contributed by atoms with E-state index >= 15 is 4.39 Å². The van der Waals surface area contributed by atoms with Crippen LogP contribution in [0, 0.1) is 11.3 Å². The van der Waals surface area contributed by atoms with Gasteiger partial charge in [-0.3, -0.25) is 0 Å². The standard InChI is InChI=1S/C17H19FN6S/c1-25-16-21-7-3-14(23-16)22-12-17(18)4-8-24(9-5-17)15-10-13(11-19)2-6-20-15/h2-3,6-7,10H,4-5,8-9,12H2,1H3,(H,21,22,23). The van der Waals surface area contributed by atoms with Crippen LogP contribution in [0.4, 0.5) is 16.0 Å². The number of aromatic nitrogens is 3. The number of pyridine rings is 1. The maximum Gasteiger partial charge on any atom is 0.189 e. The second-order valence-electron chi connectivity index (χ2n) is 5.93. The van der Waals surface area contributed by atoms with Gasteiger partial charge in [-0.1, -0.05) is 11.8 Å². The molecular weight excluding hydrogens is 339 g/mol. The largest absolute Gasteiger partial charge is 0.367 e. The zero-order chi connectivity index (χ0) is 17.7. The zero-order valence-corrected chi connectivity index (χ0v) is 14.8. The number of nitrogens with zero attached hydrogens (tertiary/aromatic N) is 5. The van der Waals surface area contributed by atoms with Crippen molar-refractivity contribution in [1.82, 2.24) is 15.0 Å². The number of nitrogens with one attached hydrogen (secondary N) is 1. The molecule has 0 spiro atoms. The van der Waals surface area contributed by atoms with Crippen molar-refractivity contribution in [2.75, 3.05) is 36.1 Å². The van der Waals surface area contributed by atoms with Crippen LogP contribution in [0.3, 0.4) is 0 Å². The second kappa shape index (κ2) is 7.66. The molecule has 1 fully saturated rings. The quantitative estimate of drug-likeness (QED) is 0.650. The summed E-state index contributed by atoms with van der Waals surface area (Å²) >= 11 is 1.45. The van der Waals surface area contributed by atoms with Crippen LogP contribution in [0.2, 0.25) is 0 Å². The molecule has 1 N–H and O–H groups in total. The third kappa shape index (κ3) is 4.37. The van der Waals surface area contributed by atoms with E-state index in [1.54, 1.807) is 30.6 Å². The number of rotatable bonds is 5. The highest BCUT2D eigenvalue weighted by atomic mass is 32.2. The lowest BCUT2D eigenvalue weighted by Crippen LogP contribution is -2.45. The minimum absolute atomic E-state index is 0.220. The molecule has 0 unspecified atom stereocenters. The fourth-order valence-corrected chi connectivity index (χ4v) is 3.12. The third-order valence-corrected chi connectivity index (χ3v) is 4.82. The van der Waals surface area contributed by atoms with E-state index in [1.165, 1.54) is 11.8 Å². The second-order valence-corrected chi connectivity index (χ2v) is 6.71. The highest BCUT2D eigenvalue weighted by Gasteiger charge is 2.35. The van der Waals surface area contributed by atoms with Crippen molar-refractivity contribution >= 4 is 23.4 Å². The maximum atomic E-state index is 15.1. The van der Waals surface area contributed by atoms with Crippen molar-refractivity contribution in [3.05, 3.63) is 36.2 Å². The van der Waals surface area contributed by atoms with Crippen LogP contribution >= 0.6 is 11.8 Å². The molecule has 6 nitrogen and oxygen atoms in total. The van der Waals surface area contributed by atoms with Crippen LogP contribution in [-0.4, -0.2) is 46.5 Å². The third-order valence-electron chi connectivity index (χ3n) is 4.26. The topological polar surface area (TPSA) is 77.7 Å². The van der Waals surface area contributed by atoms with Gasteiger partial charge < -0.3 is 10.2 Å². The highest BCUT2D eigenvalue weighted by molar-refractivity contribution is 7.98. The van der Waals surface area contributed by atoms with Gasteiger partial charge in [0.2, 0.25) is 0 Å². The molecule has 3 heterocycles. The molecule has 0 amide bonds. The Kier molecular flexibility index (Phi) is 5.34. The highest BCUT2D eigenvalue weighted by Crippen LogP contribution is 2.29. The van der Waals surface area contributed by atoms with Gasteiger partial charge in [0, 0.05) is 38.3 Å².